The van der Waals surface area contributed by atoms with Gasteiger partial charge in [-0.15, -0.1) is 5.10 Å². The molecule has 0 N–H and O–H groups in total. The van der Waals surface area contributed by atoms with E-state index in [0.717, 1.165) is 27.2 Å². The van der Waals surface area contributed by atoms with Crippen LogP contribution in [0.4, 0.5) is 0 Å². The van der Waals surface area contributed by atoms with E-state index in [0.29, 0.717) is 13.2 Å². The first-order valence-corrected chi connectivity index (χ1v) is 8.86. The third-order valence-electron chi connectivity index (χ3n) is 4.29. The summed E-state index contributed by atoms with van der Waals surface area (Å²) in [4.78, 5) is 0. The van der Waals surface area contributed by atoms with E-state index < -0.39 is 0 Å². The van der Waals surface area contributed by atoms with Gasteiger partial charge in [-0.05, 0) is 35.4 Å². The van der Waals surface area contributed by atoms with Crippen molar-refractivity contribution in [2.24, 2.45) is 0 Å². The second-order valence-corrected chi connectivity index (χ2v) is 6.53. The summed E-state index contributed by atoms with van der Waals surface area (Å²) in [5.41, 5.74) is 4.08. The summed E-state index contributed by atoms with van der Waals surface area (Å²) >= 11 is 5.96. The maximum atomic E-state index is 6.24. The molecule has 0 spiro atoms. The minimum atomic E-state index is -0.128. The summed E-state index contributed by atoms with van der Waals surface area (Å²) in [5, 5.41) is 9.26. The van der Waals surface area contributed by atoms with Crippen molar-refractivity contribution in [2.75, 3.05) is 0 Å². The van der Waals surface area contributed by atoms with Crippen LogP contribution in [0.3, 0.4) is 0 Å². The molecule has 1 heterocycles. The molecule has 1 aromatic heterocycles. The summed E-state index contributed by atoms with van der Waals surface area (Å²) in [6.07, 6.45) is -0.128. The Morgan fingerprint density at radius 2 is 1.62 bits per heavy atom. The fourth-order valence-electron chi connectivity index (χ4n) is 2.91. The minimum absolute atomic E-state index is 0.128. The lowest BCUT2D eigenvalue weighted by Gasteiger charge is -2.19. The molecule has 0 aliphatic carbocycles. The lowest BCUT2D eigenvalue weighted by Crippen LogP contribution is -2.14. The Bertz CT molecular complexity index is 983. The highest BCUT2D eigenvalue weighted by atomic mass is 35.5. The molecular formula is C21H18ClN3O. The van der Waals surface area contributed by atoms with Crippen molar-refractivity contribution < 1.29 is 4.74 Å². The number of hydrogen-bond acceptors (Lipinski definition) is 3. The van der Waals surface area contributed by atoms with E-state index in [4.69, 9.17) is 16.3 Å². The number of aromatic nitrogens is 3. The highest BCUT2D eigenvalue weighted by Crippen LogP contribution is 2.23. The molecule has 1 unspecified atom stereocenters. The quantitative estimate of drug-likeness (QED) is 0.481. The molecule has 4 nitrogen and oxygen atoms in total. The number of benzene rings is 3. The van der Waals surface area contributed by atoms with Crippen molar-refractivity contribution in [3.05, 3.63) is 95.0 Å². The number of fused-ring (bicyclic) bond motifs is 1. The van der Waals surface area contributed by atoms with Crippen LogP contribution in [0.15, 0.2) is 78.9 Å². The fourth-order valence-corrected chi connectivity index (χ4v) is 3.03. The Balaban J connectivity index is 1.57. The lowest BCUT2D eigenvalue weighted by atomic mass is 10.1. The second kappa shape index (κ2) is 7.68. The third kappa shape index (κ3) is 3.77. The van der Waals surface area contributed by atoms with Gasteiger partial charge in [0, 0.05) is 5.02 Å². The number of nitrogens with zero attached hydrogens (tertiary/aromatic N) is 3. The highest BCUT2D eigenvalue weighted by Gasteiger charge is 2.15. The zero-order valence-corrected chi connectivity index (χ0v) is 14.9. The van der Waals surface area contributed by atoms with E-state index in [1.165, 1.54) is 0 Å². The molecule has 1 atom stereocenters. The molecule has 4 aromatic rings. The molecule has 0 bridgehead atoms. The number of rotatable bonds is 6. The van der Waals surface area contributed by atoms with Gasteiger partial charge in [0.05, 0.1) is 18.7 Å². The number of hydrogen-bond donors (Lipinski definition) is 0. The number of para-hydroxylation sites is 1. The molecule has 4 rings (SSSR count). The van der Waals surface area contributed by atoms with Crippen LogP contribution in [0.5, 0.6) is 0 Å². The Morgan fingerprint density at radius 3 is 2.42 bits per heavy atom. The van der Waals surface area contributed by atoms with Crippen LogP contribution in [0.25, 0.3) is 11.0 Å². The third-order valence-corrected chi connectivity index (χ3v) is 4.55. The van der Waals surface area contributed by atoms with E-state index in [2.05, 4.69) is 22.4 Å². The van der Waals surface area contributed by atoms with E-state index in [1.807, 2.05) is 71.4 Å². The topological polar surface area (TPSA) is 39.9 Å². The first-order chi connectivity index (χ1) is 12.8. The van der Waals surface area contributed by atoms with Gasteiger partial charge in [0.2, 0.25) is 0 Å². The van der Waals surface area contributed by atoms with Gasteiger partial charge in [-0.3, -0.25) is 0 Å². The SMILES string of the molecule is Clc1ccc(COC(Cn2nnc3ccccc32)c2ccccc2)cc1. The molecule has 0 radical (unpaired) electrons. The van der Waals surface area contributed by atoms with E-state index in [-0.39, 0.29) is 6.10 Å². The second-order valence-electron chi connectivity index (χ2n) is 6.10. The monoisotopic (exact) mass is 363 g/mol. The van der Waals surface area contributed by atoms with Crippen LogP contribution >= 0.6 is 11.6 Å². The minimum Gasteiger partial charge on any atom is -0.367 e. The van der Waals surface area contributed by atoms with Crippen LogP contribution in [-0.2, 0) is 17.9 Å². The number of ether oxygens (including phenoxy) is 1. The molecule has 0 amide bonds. The Kier molecular flexibility index (Phi) is 4.95. The standard InChI is InChI=1S/C21H18ClN3O/c22-18-12-10-16(11-13-18)15-26-21(17-6-2-1-3-7-17)14-25-20-9-5-4-8-19(20)23-24-25/h1-13,21H,14-15H2. The van der Waals surface area contributed by atoms with Crippen LogP contribution in [-0.4, -0.2) is 15.0 Å². The highest BCUT2D eigenvalue weighted by molar-refractivity contribution is 6.30. The van der Waals surface area contributed by atoms with Gasteiger partial charge in [-0.25, -0.2) is 4.68 Å². The molecule has 130 valence electrons. The van der Waals surface area contributed by atoms with Crippen molar-refractivity contribution in [2.45, 2.75) is 19.3 Å². The van der Waals surface area contributed by atoms with Crippen molar-refractivity contribution in [3.63, 3.8) is 0 Å². The fraction of sp³-hybridized carbons (Fsp3) is 0.143. The average molecular weight is 364 g/mol. The predicted molar refractivity (Wildman–Crippen MR) is 103 cm³/mol. The molecule has 0 saturated carbocycles. The molecule has 0 fully saturated rings. The van der Waals surface area contributed by atoms with E-state index in [1.54, 1.807) is 0 Å². The first kappa shape index (κ1) is 16.8. The predicted octanol–water partition coefficient (Wildman–Crippen LogP) is 5.04. The van der Waals surface area contributed by atoms with Crippen LogP contribution in [0.2, 0.25) is 5.02 Å². The summed E-state index contributed by atoms with van der Waals surface area (Å²) in [6.45, 7) is 1.10. The summed E-state index contributed by atoms with van der Waals surface area (Å²) in [5.74, 6) is 0. The van der Waals surface area contributed by atoms with Gasteiger partial charge in [0.15, 0.2) is 0 Å². The van der Waals surface area contributed by atoms with Gasteiger partial charge in [-0.1, -0.05) is 71.4 Å². The van der Waals surface area contributed by atoms with Gasteiger partial charge in [0.1, 0.15) is 11.6 Å². The van der Waals surface area contributed by atoms with Crippen molar-refractivity contribution >= 4 is 22.6 Å². The van der Waals surface area contributed by atoms with Gasteiger partial charge in [0.25, 0.3) is 0 Å². The maximum absolute atomic E-state index is 6.24. The van der Waals surface area contributed by atoms with Crippen molar-refractivity contribution in [1.29, 1.82) is 0 Å². The first-order valence-electron chi connectivity index (χ1n) is 8.49. The number of halogens is 1. The molecule has 0 aliphatic heterocycles. The van der Waals surface area contributed by atoms with Crippen molar-refractivity contribution in [1.82, 2.24) is 15.0 Å². The smallest absolute Gasteiger partial charge is 0.113 e. The largest absolute Gasteiger partial charge is 0.367 e. The lowest BCUT2D eigenvalue weighted by molar-refractivity contribution is 0.0262. The van der Waals surface area contributed by atoms with E-state index >= 15 is 0 Å². The Labute approximate surface area is 157 Å². The normalized spacial score (nSPS) is 12.3. The molecular weight excluding hydrogens is 346 g/mol. The van der Waals surface area contributed by atoms with E-state index in [9.17, 15) is 0 Å². The molecule has 5 heteroatoms. The molecule has 0 aliphatic rings. The molecule has 26 heavy (non-hydrogen) atoms. The van der Waals surface area contributed by atoms with Gasteiger partial charge in [-0.2, -0.15) is 0 Å². The van der Waals surface area contributed by atoms with Gasteiger partial charge >= 0.3 is 0 Å². The zero-order chi connectivity index (χ0) is 17.8. The summed E-state index contributed by atoms with van der Waals surface area (Å²) < 4.78 is 8.14. The zero-order valence-electron chi connectivity index (χ0n) is 14.1. The Hall–Kier alpha value is -2.69. The molecule has 0 saturated heterocycles. The average Bonchev–Trinajstić information content (AvgIpc) is 3.10. The van der Waals surface area contributed by atoms with Crippen LogP contribution in [0, 0.1) is 0 Å². The van der Waals surface area contributed by atoms with Crippen LogP contribution < -0.4 is 0 Å². The van der Waals surface area contributed by atoms with Crippen LogP contribution in [0.1, 0.15) is 17.2 Å². The maximum Gasteiger partial charge on any atom is 0.113 e. The van der Waals surface area contributed by atoms with Crippen molar-refractivity contribution in [3.8, 4) is 0 Å². The summed E-state index contributed by atoms with van der Waals surface area (Å²) in [7, 11) is 0. The summed E-state index contributed by atoms with van der Waals surface area (Å²) in [6, 6.07) is 25.9. The Morgan fingerprint density at radius 1 is 0.885 bits per heavy atom. The molecule has 3 aromatic carbocycles. The van der Waals surface area contributed by atoms with Gasteiger partial charge < -0.3 is 4.74 Å².